The van der Waals surface area contributed by atoms with Crippen molar-refractivity contribution in [3.05, 3.63) is 107 Å². The molecule has 30 heavy (non-hydrogen) atoms. The second kappa shape index (κ2) is 9.27. The Morgan fingerprint density at radius 1 is 0.767 bits per heavy atom. The summed E-state index contributed by atoms with van der Waals surface area (Å²) >= 11 is 0. The number of aryl methyl sites for hydroxylation is 2. The van der Waals surface area contributed by atoms with E-state index in [0.29, 0.717) is 6.61 Å². The lowest BCUT2D eigenvalue weighted by Crippen LogP contribution is -2.37. The Morgan fingerprint density at radius 3 is 1.77 bits per heavy atom. The molecular formula is C27H30N2O. The van der Waals surface area contributed by atoms with E-state index >= 15 is 0 Å². The van der Waals surface area contributed by atoms with Gasteiger partial charge in [0.25, 0.3) is 0 Å². The van der Waals surface area contributed by atoms with E-state index < -0.39 is 0 Å². The quantitative estimate of drug-likeness (QED) is 0.466. The zero-order valence-electron chi connectivity index (χ0n) is 18.1. The van der Waals surface area contributed by atoms with Crippen molar-refractivity contribution in [3.63, 3.8) is 0 Å². The van der Waals surface area contributed by atoms with E-state index in [1.165, 1.54) is 22.3 Å². The first-order chi connectivity index (χ1) is 14.6. The Kier molecular flexibility index (Phi) is 6.29. The molecule has 1 fully saturated rings. The van der Waals surface area contributed by atoms with Gasteiger partial charge in [-0.1, -0.05) is 95.1 Å². The molecule has 4 rings (SSSR count). The average molecular weight is 399 g/mol. The highest BCUT2D eigenvalue weighted by atomic mass is 16.6. The standard InChI is InChI=1S/C27H30N2O/c1-20-9-13-23(14-10-20)26-17-25(28-30-19-22-7-5-4-6-8-22)18-27(29(26)3)24-15-11-21(2)12-16-24/h4-16,26-27H,17-19H2,1-3H3. The Labute approximate surface area is 180 Å². The summed E-state index contributed by atoms with van der Waals surface area (Å²) in [6.45, 7) is 4.77. The fourth-order valence-corrected chi connectivity index (χ4v) is 4.16. The Hall–Kier alpha value is -2.91. The topological polar surface area (TPSA) is 24.8 Å². The lowest BCUT2D eigenvalue weighted by molar-refractivity contribution is 0.118. The zero-order valence-corrected chi connectivity index (χ0v) is 18.1. The number of oxime groups is 1. The van der Waals surface area contributed by atoms with Gasteiger partial charge in [0.05, 0.1) is 5.71 Å². The molecule has 0 aromatic heterocycles. The monoisotopic (exact) mass is 398 g/mol. The maximum absolute atomic E-state index is 5.77. The van der Waals surface area contributed by atoms with Gasteiger partial charge in [-0.15, -0.1) is 0 Å². The van der Waals surface area contributed by atoms with Crippen LogP contribution < -0.4 is 0 Å². The third-order valence-electron chi connectivity index (χ3n) is 6.03. The van der Waals surface area contributed by atoms with E-state index in [1.54, 1.807) is 0 Å². The molecule has 1 aliphatic rings. The van der Waals surface area contributed by atoms with E-state index in [9.17, 15) is 0 Å². The van der Waals surface area contributed by atoms with Crippen LogP contribution in [0.15, 0.2) is 84.0 Å². The van der Waals surface area contributed by atoms with Crippen molar-refractivity contribution in [3.8, 4) is 0 Å². The van der Waals surface area contributed by atoms with Crippen molar-refractivity contribution < 1.29 is 4.84 Å². The van der Waals surface area contributed by atoms with Crippen LogP contribution >= 0.6 is 0 Å². The van der Waals surface area contributed by atoms with Crippen LogP contribution in [0.1, 0.15) is 52.7 Å². The Morgan fingerprint density at radius 2 is 1.27 bits per heavy atom. The van der Waals surface area contributed by atoms with Crippen LogP contribution in [0.3, 0.4) is 0 Å². The van der Waals surface area contributed by atoms with Crippen LogP contribution in [0.4, 0.5) is 0 Å². The molecule has 0 spiro atoms. The highest BCUT2D eigenvalue weighted by Crippen LogP contribution is 2.39. The van der Waals surface area contributed by atoms with E-state index in [2.05, 4.69) is 91.6 Å². The Balaban J connectivity index is 1.59. The van der Waals surface area contributed by atoms with Crippen molar-refractivity contribution in [2.24, 2.45) is 5.16 Å². The van der Waals surface area contributed by atoms with Gasteiger partial charge in [-0.25, -0.2) is 0 Å². The second-order valence-corrected chi connectivity index (χ2v) is 8.34. The molecular weight excluding hydrogens is 368 g/mol. The second-order valence-electron chi connectivity index (χ2n) is 8.34. The largest absolute Gasteiger partial charge is 0.391 e. The van der Waals surface area contributed by atoms with Crippen molar-refractivity contribution in [1.82, 2.24) is 4.90 Å². The van der Waals surface area contributed by atoms with Crippen molar-refractivity contribution >= 4 is 5.71 Å². The number of benzene rings is 3. The molecule has 0 aliphatic carbocycles. The van der Waals surface area contributed by atoms with Crippen LogP contribution in [-0.2, 0) is 11.4 Å². The van der Waals surface area contributed by atoms with Gasteiger partial charge < -0.3 is 4.84 Å². The predicted molar refractivity (Wildman–Crippen MR) is 124 cm³/mol. The first-order valence-corrected chi connectivity index (χ1v) is 10.7. The highest BCUT2D eigenvalue weighted by molar-refractivity contribution is 5.86. The summed E-state index contributed by atoms with van der Waals surface area (Å²) in [6, 6.07) is 28.5. The fourth-order valence-electron chi connectivity index (χ4n) is 4.16. The van der Waals surface area contributed by atoms with Crippen LogP contribution in [0.2, 0.25) is 0 Å². The van der Waals surface area contributed by atoms with Crippen molar-refractivity contribution in [2.75, 3.05) is 7.05 Å². The van der Waals surface area contributed by atoms with Crippen molar-refractivity contribution in [2.45, 2.75) is 45.4 Å². The van der Waals surface area contributed by atoms with E-state index in [4.69, 9.17) is 4.84 Å². The number of nitrogens with zero attached hydrogens (tertiary/aromatic N) is 2. The van der Waals surface area contributed by atoms with Crippen molar-refractivity contribution in [1.29, 1.82) is 0 Å². The third-order valence-corrected chi connectivity index (χ3v) is 6.03. The molecule has 1 saturated heterocycles. The molecule has 0 saturated carbocycles. The van der Waals surface area contributed by atoms with Crippen LogP contribution in [0.25, 0.3) is 0 Å². The molecule has 3 aromatic rings. The lowest BCUT2D eigenvalue weighted by atomic mass is 9.86. The summed E-state index contributed by atoms with van der Waals surface area (Å²) in [6.07, 6.45) is 1.77. The molecule has 0 N–H and O–H groups in total. The lowest BCUT2D eigenvalue weighted by Gasteiger charge is -2.40. The average Bonchev–Trinajstić information content (AvgIpc) is 2.77. The van der Waals surface area contributed by atoms with Gasteiger partial charge in [0, 0.05) is 24.9 Å². The minimum absolute atomic E-state index is 0.282. The molecule has 154 valence electrons. The first-order valence-electron chi connectivity index (χ1n) is 10.7. The van der Waals surface area contributed by atoms with Gasteiger partial charge in [0.2, 0.25) is 0 Å². The summed E-state index contributed by atoms with van der Waals surface area (Å²) in [7, 11) is 2.23. The summed E-state index contributed by atoms with van der Waals surface area (Å²) in [5, 5.41) is 4.59. The van der Waals surface area contributed by atoms with Gasteiger partial charge >= 0.3 is 0 Å². The molecule has 2 unspecified atom stereocenters. The zero-order chi connectivity index (χ0) is 20.9. The molecule has 3 heteroatoms. The third kappa shape index (κ3) is 4.80. The summed E-state index contributed by atoms with van der Waals surface area (Å²) < 4.78 is 0. The highest BCUT2D eigenvalue weighted by Gasteiger charge is 2.33. The molecule has 1 heterocycles. The maximum atomic E-state index is 5.77. The normalized spacial score (nSPS) is 19.5. The number of hydrogen-bond donors (Lipinski definition) is 0. The molecule has 0 bridgehead atoms. The van der Waals surface area contributed by atoms with E-state index in [0.717, 1.165) is 24.1 Å². The predicted octanol–water partition coefficient (Wildman–Crippen LogP) is 6.38. The molecule has 0 amide bonds. The van der Waals surface area contributed by atoms with Gasteiger partial charge in [0.15, 0.2) is 0 Å². The molecule has 3 nitrogen and oxygen atoms in total. The van der Waals surface area contributed by atoms with Crippen LogP contribution in [0.5, 0.6) is 0 Å². The van der Waals surface area contributed by atoms with Gasteiger partial charge in [-0.3, -0.25) is 4.90 Å². The number of piperidine rings is 1. The fraction of sp³-hybridized carbons (Fsp3) is 0.296. The summed E-state index contributed by atoms with van der Waals surface area (Å²) in [5.74, 6) is 0. The van der Waals surface area contributed by atoms with Gasteiger partial charge in [-0.05, 0) is 37.6 Å². The molecule has 3 aromatic carbocycles. The van der Waals surface area contributed by atoms with Crippen LogP contribution in [-0.4, -0.2) is 17.7 Å². The van der Waals surface area contributed by atoms with Gasteiger partial charge in [-0.2, -0.15) is 0 Å². The molecule has 0 radical (unpaired) electrons. The molecule has 1 aliphatic heterocycles. The minimum atomic E-state index is 0.282. The maximum Gasteiger partial charge on any atom is 0.142 e. The van der Waals surface area contributed by atoms with E-state index in [1.807, 2.05) is 18.2 Å². The van der Waals surface area contributed by atoms with Gasteiger partial charge in [0.1, 0.15) is 6.61 Å². The number of likely N-dealkylation sites (tertiary alicyclic amines) is 1. The number of rotatable bonds is 5. The first kappa shape index (κ1) is 20.4. The summed E-state index contributed by atoms with van der Waals surface area (Å²) in [5.41, 5.74) is 7.49. The summed E-state index contributed by atoms with van der Waals surface area (Å²) in [4.78, 5) is 8.26. The van der Waals surface area contributed by atoms with E-state index in [-0.39, 0.29) is 12.1 Å². The number of hydrogen-bond acceptors (Lipinski definition) is 3. The van der Waals surface area contributed by atoms with Crippen LogP contribution in [0, 0.1) is 13.8 Å². The SMILES string of the molecule is Cc1ccc(C2CC(=NOCc3ccccc3)CC(c3ccc(C)cc3)N2C)cc1. The Bertz CT molecular complexity index is 920. The smallest absolute Gasteiger partial charge is 0.142 e. The minimum Gasteiger partial charge on any atom is -0.391 e. The molecule has 2 atom stereocenters.